The fraction of sp³-hybridized carbons (Fsp3) is 0.500. The van der Waals surface area contributed by atoms with Crippen LogP contribution in [0, 0.1) is 20.8 Å². The van der Waals surface area contributed by atoms with E-state index in [9.17, 15) is 0 Å². The average Bonchev–Trinajstić information content (AvgIpc) is 2.37. The fourth-order valence-corrected chi connectivity index (χ4v) is 2.87. The molecule has 2 aliphatic heterocycles. The van der Waals surface area contributed by atoms with E-state index >= 15 is 0 Å². The van der Waals surface area contributed by atoms with Gasteiger partial charge in [0.2, 0.25) is 0 Å². The molecule has 3 rings (SSSR count). The van der Waals surface area contributed by atoms with Gasteiger partial charge >= 0.3 is 0 Å². The number of aryl methyl sites for hydroxylation is 2. The first-order valence-corrected chi connectivity index (χ1v) is 6.68. The van der Waals surface area contributed by atoms with Crippen LogP contribution in [0.2, 0.25) is 0 Å². The normalized spacial score (nSPS) is 20.6. The van der Waals surface area contributed by atoms with Crippen LogP contribution in [-0.2, 0) is 4.74 Å². The second-order valence-corrected chi connectivity index (χ2v) is 5.49. The number of hydrogen-bond acceptors (Lipinski definition) is 2. The maximum absolute atomic E-state index is 6.39. The van der Waals surface area contributed by atoms with E-state index in [1.807, 2.05) is 0 Å². The first-order valence-electron chi connectivity index (χ1n) is 6.68. The van der Waals surface area contributed by atoms with Crippen LogP contribution in [0.3, 0.4) is 0 Å². The highest BCUT2D eigenvalue weighted by atomic mass is 16.5. The molecule has 0 unspecified atom stereocenters. The number of rotatable bonds is 0. The van der Waals surface area contributed by atoms with Crippen LogP contribution in [-0.4, -0.2) is 18.8 Å². The van der Waals surface area contributed by atoms with Crippen LogP contribution < -0.4 is 4.74 Å². The van der Waals surface area contributed by atoms with Crippen molar-refractivity contribution >= 4 is 6.08 Å². The van der Waals surface area contributed by atoms with Crippen molar-refractivity contribution in [3.8, 4) is 5.75 Å². The van der Waals surface area contributed by atoms with Gasteiger partial charge in [0.15, 0.2) is 0 Å². The van der Waals surface area contributed by atoms with Crippen molar-refractivity contribution in [1.29, 1.82) is 0 Å². The summed E-state index contributed by atoms with van der Waals surface area (Å²) in [5, 5.41) is 0. The lowest BCUT2D eigenvalue weighted by Gasteiger charge is -2.39. The average molecular weight is 244 g/mol. The highest BCUT2D eigenvalue weighted by Gasteiger charge is 2.35. The maximum atomic E-state index is 6.39. The van der Waals surface area contributed by atoms with Gasteiger partial charge in [-0.1, -0.05) is 12.1 Å². The van der Waals surface area contributed by atoms with Crippen molar-refractivity contribution in [1.82, 2.24) is 0 Å². The van der Waals surface area contributed by atoms with E-state index < -0.39 is 0 Å². The minimum absolute atomic E-state index is 0.129. The van der Waals surface area contributed by atoms with Gasteiger partial charge in [0, 0.05) is 18.4 Å². The molecular weight excluding hydrogens is 224 g/mol. The van der Waals surface area contributed by atoms with E-state index in [0.717, 1.165) is 31.8 Å². The van der Waals surface area contributed by atoms with Crippen LogP contribution in [0.4, 0.5) is 0 Å². The molecule has 0 aromatic heterocycles. The Kier molecular flexibility index (Phi) is 2.70. The van der Waals surface area contributed by atoms with Crippen molar-refractivity contribution in [3.63, 3.8) is 0 Å². The third-order valence-electron chi connectivity index (χ3n) is 4.23. The minimum Gasteiger partial charge on any atom is -0.482 e. The predicted molar refractivity (Wildman–Crippen MR) is 73.1 cm³/mol. The molecule has 2 nitrogen and oxygen atoms in total. The van der Waals surface area contributed by atoms with E-state index in [1.54, 1.807) is 0 Å². The van der Waals surface area contributed by atoms with Crippen molar-refractivity contribution in [2.45, 2.75) is 39.2 Å². The van der Waals surface area contributed by atoms with Gasteiger partial charge in [0.05, 0.1) is 13.2 Å². The summed E-state index contributed by atoms with van der Waals surface area (Å²) in [7, 11) is 0. The molecule has 96 valence electrons. The van der Waals surface area contributed by atoms with Gasteiger partial charge in [-0.3, -0.25) is 0 Å². The van der Waals surface area contributed by atoms with Gasteiger partial charge in [-0.05, 0) is 43.5 Å². The second-order valence-electron chi connectivity index (χ2n) is 5.49. The highest BCUT2D eigenvalue weighted by Crippen LogP contribution is 2.40. The molecule has 0 saturated carbocycles. The highest BCUT2D eigenvalue weighted by molar-refractivity contribution is 5.67. The summed E-state index contributed by atoms with van der Waals surface area (Å²) in [6, 6.07) is 2.24. The van der Waals surface area contributed by atoms with Crippen LogP contribution in [0.5, 0.6) is 5.75 Å². The molecule has 1 fully saturated rings. The van der Waals surface area contributed by atoms with Crippen LogP contribution >= 0.6 is 0 Å². The molecule has 1 spiro atoms. The monoisotopic (exact) mass is 244 g/mol. The predicted octanol–water partition coefficient (Wildman–Crippen LogP) is 3.57. The molecule has 0 radical (unpaired) electrons. The first kappa shape index (κ1) is 11.8. The largest absolute Gasteiger partial charge is 0.482 e. The third kappa shape index (κ3) is 1.76. The summed E-state index contributed by atoms with van der Waals surface area (Å²) in [5.74, 6) is 1.08. The smallest absolute Gasteiger partial charge is 0.132 e. The topological polar surface area (TPSA) is 18.5 Å². The van der Waals surface area contributed by atoms with E-state index in [0.29, 0.717) is 0 Å². The Morgan fingerprint density at radius 1 is 1.06 bits per heavy atom. The first-order chi connectivity index (χ1) is 8.61. The third-order valence-corrected chi connectivity index (χ3v) is 4.23. The van der Waals surface area contributed by atoms with Gasteiger partial charge in [0.25, 0.3) is 0 Å². The van der Waals surface area contributed by atoms with Gasteiger partial charge in [-0.2, -0.15) is 0 Å². The Morgan fingerprint density at radius 3 is 2.50 bits per heavy atom. The number of hydrogen-bond donors (Lipinski definition) is 0. The van der Waals surface area contributed by atoms with E-state index in [-0.39, 0.29) is 5.60 Å². The van der Waals surface area contributed by atoms with Gasteiger partial charge in [-0.15, -0.1) is 0 Å². The molecule has 1 saturated heterocycles. The van der Waals surface area contributed by atoms with Gasteiger partial charge < -0.3 is 9.47 Å². The summed E-state index contributed by atoms with van der Waals surface area (Å²) in [4.78, 5) is 0. The fourth-order valence-electron chi connectivity index (χ4n) is 2.87. The van der Waals surface area contributed by atoms with Gasteiger partial charge in [0.1, 0.15) is 11.4 Å². The Labute approximate surface area is 109 Å². The molecule has 18 heavy (non-hydrogen) atoms. The molecule has 0 N–H and O–H groups in total. The lowest BCUT2D eigenvalue weighted by molar-refractivity contribution is -0.0182. The molecule has 0 amide bonds. The van der Waals surface area contributed by atoms with Crippen molar-refractivity contribution in [3.05, 3.63) is 34.4 Å². The molecule has 1 aromatic carbocycles. The SMILES string of the molecule is Cc1cc(C)c2c(c1C)OC1(C=C2)CCOCC1. The molecule has 1 aromatic rings. The number of fused-ring (bicyclic) bond motifs is 1. The molecule has 2 aliphatic rings. The lowest BCUT2D eigenvalue weighted by Crippen LogP contribution is -2.41. The molecule has 2 heteroatoms. The molecule has 0 aliphatic carbocycles. The minimum atomic E-state index is -0.129. The lowest BCUT2D eigenvalue weighted by atomic mass is 9.88. The Hall–Kier alpha value is -1.28. The van der Waals surface area contributed by atoms with Crippen molar-refractivity contribution in [2.75, 3.05) is 13.2 Å². The number of ether oxygens (including phenoxy) is 2. The van der Waals surface area contributed by atoms with E-state index in [2.05, 4.69) is 39.0 Å². The van der Waals surface area contributed by atoms with Crippen molar-refractivity contribution < 1.29 is 9.47 Å². The van der Waals surface area contributed by atoms with Crippen LogP contribution in [0.15, 0.2) is 12.1 Å². The summed E-state index contributed by atoms with van der Waals surface area (Å²) in [6.45, 7) is 8.05. The molecule has 0 bridgehead atoms. The molecule has 0 atom stereocenters. The van der Waals surface area contributed by atoms with E-state index in [1.165, 1.54) is 22.3 Å². The standard InChI is InChI=1S/C16H20O2/c1-11-10-12(2)14-4-5-16(6-8-17-9-7-16)18-15(14)13(11)3/h4-5,10H,6-9H2,1-3H3. The van der Waals surface area contributed by atoms with E-state index in [4.69, 9.17) is 9.47 Å². The molecular formula is C16H20O2. The zero-order valence-corrected chi connectivity index (χ0v) is 11.4. The van der Waals surface area contributed by atoms with Crippen LogP contribution in [0.25, 0.3) is 6.08 Å². The maximum Gasteiger partial charge on any atom is 0.132 e. The quantitative estimate of drug-likeness (QED) is 0.694. The van der Waals surface area contributed by atoms with Crippen LogP contribution in [0.1, 0.15) is 35.1 Å². The second kappa shape index (κ2) is 4.13. The summed E-state index contributed by atoms with van der Waals surface area (Å²) in [5.41, 5.74) is 4.99. The Balaban J connectivity index is 2.07. The zero-order chi connectivity index (χ0) is 12.8. The number of benzene rings is 1. The summed E-state index contributed by atoms with van der Waals surface area (Å²) < 4.78 is 11.8. The zero-order valence-electron chi connectivity index (χ0n) is 11.4. The summed E-state index contributed by atoms with van der Waals surface area (Å²) in [6.07, 6.45) is 6.39. The Morgan fingerprint density at radius 2 is 1.78 bits per heavy atom. The van der Waals surface area contributed by atoms with Gasteiger partial charge in [-0.25, -0.2) is 0 Å². The molecule has 2 heterocycles. The summed E-state index contributed by atoms with van der Waals surface area (Å²) >= 11 is 0. The van der Waals surface area contributed by atoms with Crippen molar-refractivity contribution in [2.24, 2.45) is 0 Å². The Bertz CT molecular complexity index is 508.